The third-order valence-electron chi connectivity index (χ3n) is 4.82. The van der Waals surface area contributed by atoms with Crippen molar-refractivity contribution < 1.29 is 14.3 Å². The smallest absolute Gasteiger partial charge is 0.261 e. The van der Waals surface area contributed by atoms with Gasteiger partial charge in [0.1, 0.15) is 12.3 Å². The first-order valence-electron chi connectivity index (χ1n) is 8.66. The largest absolute Gasteiger partial charge is 0.497 e. The highest BCUT2D eigenvalue weighted by atomic mass is 32.2. The highest BCUT2D eigenvalue weighted by Gasteiger charge is 2.41. The average molecular weight is 360 g/mol. The summed E-state index contributed by atoms with van der Waals surface area (Å²) in [4.78, 5) is 27.4. The Morgan fingerprint density at radius 2 is 2.04 bits per heavy atom. The molecule has 6 heteroatoms. The van der Waals surface area contributed by atoms with Crippen molar-refractivity contribution in [1.82, 2.24) is 10.2 Å². The maximum atomic E-state index is 13.0. The van der Waals surface area contributed by atoms with Crippen LogP contribution < -0.4 is 10.1 Å². The summed E-state index contributed by atoms with van der Waals surface area (Å²) >= 11 is 1.67. The Morgan fingerprint density at radius 3 is 2.72 bits per heavy atom. The predicted octanol–water partition coefficient (Wildman–Crippen LogP) is 2.67. The zero-order valence-electron chi connectivity index (χ0n) is 14.7. The molecule has 1 heterocycles. The van der Waals surface area contributed by atoms with Crippen LogP contribution in [0.5, 0.6) is 5.75 Å². The Labute approximate surface area is 152 Å². The van der Waals surface area contributed by atoms with Gasteiger partial charge >= 0.3 is 0 Å². The van der Waals surface area contributed by atoms with Gasteiger partial charge in [0.25, 0.3) is 5.91 Å². The quantitative estimate of drug-likeness (QED) is 0.839. The van der Waals surface area contributed by atoms with E-state index in [0.717, 1.165) is 35.5 Å². The third kappa shape index (κ3) is 4.00. The van der Waals surface area contributed by atoms with Crippen LogP contribution in [0.2, 0.25) is 0 Å². The first-order chi connectivity index (χ1) is 12.1. The number of fused-ring (bicyclic) bond motifs is 1. The summed E-state index contributed by atoms with van der Waals surface area (Å²) in [7, 11) is 3.24. The summed E-state index contributed by atoms with van der Waals surface area (Å²) in [6.45, 7) is 0.136. The third-order valence-corrected chi connectivity index (χ3v) is 6.22. The average Bonchev–Trinajstić information content (AvgIpc) is 2.65. The molecule has 2 fully saturated rings. The van der Waals surface area contributed by atoms with Gasteiger partial charge in [-0.25, -0.2) is 0 Å². The molecule has 1 saturated heterocycles. The van der Waals surface area contributed by atoms with Crippen molar-refractivity contribution in [1.29, 1.82) is 0 Å². The lowest BCUT2D eigenvalue weighted by molar-refractivity contribution is -0.135. The van der Waals surface area contributed by atoms with Gasteiger partial charge in [0.15, 0.2) is 0 Å². The Kier molecular flexibility index (Phi) is 5.68. The van der Waals surface area contributed by atoms with Crippen LogP contribution in [0.3, 0.4) is 0 Å². The molecule has 1 aliphatic carbocycles. The number of carbonyl (C=O) groups is 2. The molecule has 0 spiro atoms. The SMILES string of the molecule is CNC(=O)CN1C(=O)/C(=C/c2ccc(OC)cc2)SC2CCCCC21. The van der Waals surface area contributed by atoms with E-state index in [9.17, 15) is 9.59 Å². The number of hydrogen-bond acceptors (Lipinski definition) is 4. The molecule has 1 N–H and O–H groups in total. The highest BCUT2D eigenvalue weighted by molar-refractivity contribution is 8.04. The minimum absolute atomic E-state index is 0.0347. The van der Waals surface area contributed by atoms with Gasteiger partial charge in [0.2, 0.25) is 5.91 Å². The number of nitrogens with zero attached hydrogens (tertiary/aromatic N) is 1. The number of likely N-dealkylation sites (N-methyl/N-ethyl adjacent to an activating group) is 1. The first-order valence-corrected chi connectivity index (χ1v) is 9.54. The summed E-state index contributed by atoms with van der Waals surface area (Å²) in [5, 5.41) is 3.01. The topological polar surface area (TPSA) is 58.6 Å². The molecule has 0 bridgehead atoms. The molecule has 25 heavy (non-hydrogen) atoms. The fourth-order valence-electron chi connectivity index (χ4n) is 3.45. The molecule has 0 radical (unpaired) electrons. The Morgan fingerprint density at radius 1 is 1.32 bits per heavy atom. The van der Waals surface area contributed by atoms with Crippen LogP contribution in [0.15, 0.2) is 29.2 Å². The normalized spacial score (nSPS) is 24.8. The second kappa shape index (κ2) is 7.95. The molecule has 3 rings (SSSR count). The van der Waals surface area contributed by atoms with Crippen LogP contribution in [0.25, 0.3) is 6.08 Å². The Bertz CT molecular complexity index is 672. The monoisotopic (exact) mass is 360 g/mol. The summed E-state index contributed by atoms with van der Waals surface area (Å²) in [5.41, 5.74) is 0.964. The molecule has 1 saturated carbocycles. The van der Waals surface area contributed by atoms with E-state index in [1.807, 2.05) is 30.3 Å². The molecule has 2 unspecified atom stereocenters. The summed E-state index contributed by atoms with van der Waals surface area (Å²) in [5.74, 6) is 0.638. The molecular weight excluding hydrogens is 336 g/mol. The van der Waals surface area contributed by atoms with Crippen LogP contribution in [0.4, 0.5) is 0 Å². The molecule has 2 aliphatic rings. The van der Waals surface area contributed by atoms with E-state index in [4.69, 9.17) is 4.74 Å². The maximum absolute atomic E-state index is 13.0. The van der Waals surface area contributed by atoms with Gasteiger partial charge in [0, 0.05) is 18.3 Å². The predicted molar refractivity (Wildman–Crippen MR) is 100 cm³/mol. The van der Waals surface area contributed by atoms with Crippen molar-refractivity contribution in [3.05, 3.63) is 34.7 Å². The Hall–Kier alpha value is -1.95. The van der Waals surface area contributed by atoms with E-state index in [1.54, 1.807) is 30.8 Å². The zero-order chi connectivity index (χ0) is 17.8. The number of amides is 2. The fraction of sp³-hybridized carbons (Fsp3) is 0.474. The first kappa shape index (κ1) is 17.9. The van der Waals surface area contributed by atoms with Gasteiger partial charge in [-0.2, -0.15) is 0 Å². The van der Waals surface area contributed by atoms with E-state index >= 15 is 0 Å². The van der Waals surface area contributed by atoms with Gasteiger partial charge in [-0.05, 0) is 36.6 Å². The van der Waals surface area contributed by atoms with Crippen LogP contribution in [-0.2, 0) is 9.59 Å². The number of hydrogen-bond donors (Lipinski definition) is 1. The number of benzene rings is 1. The number of rotatable bonds is 4. The number of thioether (sulfide) groups is 1. The van der Waals surface area contributed by atoms with Gasteiger partial charge < -0.3 is 15.0 Å². The molecule has 1 aromatic carbocycles. The van der Waals surface area contributed by atoms with Crippen LogP contribution in [-0.4, -0.2) is 48.7 Å². The molecule has 134 valence electrons. The highest BCUT2D eigenvalue weighted by Crippen LogP contribution is 2.42. The molecule has 0 aromatic heterocycles. The maximum Gasteiger partial charge on any atom is 0.261 e. The second-order valence-electron chi connectivity index (χ2n) is 6.40. The van der Waals surface area contributed by atoms with Crippen molar-refractivity contribution in [2.45, 2.75) is 37.0 Å². The molecule has 2 amide bonds. The zero-order valence-corrected chi connectivity index (χ0v) is 15.5. The van der Waals surface area contributed by atoms with Gasteiger partial charge in [0.05, 0.1) is 12.0 Å². The van der Waals surface area contributed by atoms with Gasteiger partial charge in [-0.3, -0.25) is 9.59 Å². The molecule has 1 aromatic rings. The number of ether oxygens (including phenoxy) is 1. The van der Waals surface area contributed by atoms with Crippen molar-refractivity contribution in [3.8, 4) is 5.75 Å². The van der Waals surface area contributed by atoms with Gasteiger partial charge in [-0.1, -0.05) is 25.0 Å². The summed E-state index contributed by atoms with van der Waals surface area (Å²) < 4.78 is 5.18. The van der Waals surface area contributed by atoms with Crippen LogP contribution >= 0.6 is 11.8 Å². The van der Waals surface area contributed by atoms with Crippen molar-refractivity contribution in [2.24, 2.45) is 0 Å². The number of methoxy groups -OCH3 is 1. The number of carbonyl (C=O) groups excluding carboxylic acids is 2. The van der Waals surface area contributed by atoms with E-state index < -0.39 is 0 Å². The van der Waals surface area contributed by atoms with Crippen molar-refractivity contribution in [2.75, 3.05) is 20.7 Å². The fourth-order valence-corrected chi connectivity index (χ4v) is 4.92. The van der Waals surface area contributed by atoms with E-state index in [0.29, 0.717) is 5.25 Å². The lowest BCUT2D eigenvalue weighted by Gasteiger charge is -2.43. The molecule has 2 atom stereocenters. The van der Waals surface area contributed by atoms with Gasteiger partial charge in [-0.15, -0.1) is 11.8 Å². The van der Waals surface area contributed by atoms with E-state index in [2.05, 4.69) is 5.32 Å². The van der Waals surface area contributed by atoms with Crippen molar-refractivity contribution in [3.63, 3.8) is 0 Å². The van der Waals surface area contributed by atoms with Crippen LogP contribution in [0.1, 0.15) is 31.2 Å². The summed E-state index contributed by atoms with van der Waals surface area (Å²) in [6, 6.07) is 7.81. The Balaban J connectivity index is 1.86. The van der Waals surface area contributed by atoms with Crippen molar-refractivity contribution >= 4 is 29.7 Å². The van der Waals surface area contributed by atoms with E-state index in [-0.39, 0.29) is 24.4 Å². The lowest BCUT2D eigenvalue weighted by Crippen LogP contribution is -2.54. The van der Waals surface area contributed by atoms with Crippen LogP contribution in [0, 0.1) is 0 Å². The molecule has 1 aliphatic heterocycles. The second-order valence-corrected chi connectivity index (χ2v) is 7.68. The molecule has 5 nitrogen and oxygen atoms in total. The minimum Gasteiger partial charge on any atom is -0.497 e. The standard InChI is InChI=1S/C19H24N2O3S/c1-20-18(22)12-21-15-5-3-4-6-16(15)25-17(19(21)23)11-13-7-9-14(24-2)10-8-13/h7-11,15-16H,3-6,12H2,1-2H3,(H,20,22)/b17-11-. The number of nitrogens with one attached hydrogen (secondary N) is 1. The van der Waals surface area contributed by atoms with E-state index in [1.165, 1.54) is 6.42 Å². The lowest BCUT2D eigenvalue weighted by atomic mass is 9.93. The molecular formula is C19H24N2O3S. The minimum atomic E-state index is -0.117. The summed E-state index contributed by atoms with van der Waals surface area (Å²) in [6.07, 6.45) is 6.31.